The number of hydrogen-bond acceptors (Lipinski definition) is 11. The molecule has 1 saturated carbocycles. The lowest BCUT2D eigenvalue weighted by molar-refractivity contribution is -0.220. The van der Waals surface area contributed by atoms with E-state index in [-0.39, 0.29) is 13.0 Å². The van der Waals surface area contributed by atoms with Gasteiger partial charge in [-0.3, -0.25) is 13.8 Å². The van der Waals surface area contributed by atoms with Crippen LogP contribution in [-0.4, -0.2) is 98.9 Å². The van der Waals surface area contributed by atoms with Gasteiger partial charge in [0.25, 0.3) is 0 Å². The van der Waals surface area contributed by atoms with E-state index in [9.17, 15) is 39.8 Å². The summed E-state index contributed by atoms with van der Waals surface area (Å²) >= 11 is 0. The van der Waals surface area contributed by atoms with Gasteiger partial charge in [-0.1, -0.05) is 195 Å². The first-order valence-electron chi connectivity index (χ1n) is 27.4. The predicted octanol–water partition coefficient (Wildman–Crippen LogP) is 12.9. The Bertz CT molecular complexity index is 1480. The number of phosphoric acid groups is 1. The van der Waals surface area contributed by atoms with Crippen LogP contribution >= 0.6 is 7.82 Å². The molecule has 1 aliphatic rings. The highest BCUT2D eigenvalue weighted by Crippen LogP contribution is 2.47. The molecule has 6 unspecified atom stereocenters. The second kappa shape index (κ2) is 46.3. The van der Waals surface area contributed by atoms with Gasteiger partial charge in [0.1, 0.15) is 42.7 Å². The Morgan fingerprint density at radius 1 is 0.471 bits per heavy atom. The molecule has 0 amide bonds. The summed E-state index contributed by atoms with van der Waals surface area (Å²) in [7, 11) is -5.04. The van der Waals surface area contributed by atoms with Gasteiger partial charge in [0.05, 0.1) is 13.2 Å². The zero-order valence-electron chi connectivity index (χ0n) is 43.5. The molecule has 70 heavy (non-hydrogen) atoms. The molecule has 0 aliphatic heterocycles. The van der Waals surface area contributed by atoms with Crippen molar-refractivity contribution in [3.63, 3.8) is 0 Å². The molecule has 12 nitrogen and oxygen atoms in total. The number of carbonyl (C=O) groups excluding carboxylic acids is 1. The molecule has 404 valence electrons. The van der Waals surface area contributed by atoms with Gasteiger partial charge in [-0.15, -0.1) is 0 Å². The first-order valence-corrected chi connectivity index (χ1v) is 28.9. The Balaban J connectivity index is 2.32. The summed E-state index contributed by atoms with van der Waals surface area (Å²) in [6, 6.07) is 0. The van der Waals surface area contributed by atoms with Crippen molar-refractivity contribution in [2.75, 3.05) is 19.8 Å². The van der Waals surface area contributed by atoms with Crippen molar-refractivity contribution < 1.29 is 58.3 Å². The molecule has 1 rings (SSSR count). The first kappa shape index (κ1) is 65.5. The largest absolute Gasteiger partial charge is 0.472 e. The molecule has 0 bridgehead atoms. The Kier molecular flexibility index (Phi) is 43.4. The molecule has 1 aliphatic carbocycles. The molecular weight excluding hydrogens is 908 g/mol. The van der Waals surface area contributed by atoms with Gasteiger partial charge < -0.3 is 39.9 Å². The lowest BCUT2D eigenvalue weighted by Crippen LogP contribution is -2.64. The van der Waals surface area contributed by atoms with E-state index in [1.165, 1.54) is 70.6 Å². The van der Waals surface area contributed by atoms with Crippen LogP contribution in [0.3, 0.4) is 0 Å². The van der Waals surface area contributed by atoms with Gasteiger partial charge in [-0.05, 0) is 89.9 Å². The normalized spacial score (nSPS) is 21.5. The monoisotopic (exact) mass is 1010 g/mol. The van der Waals surface area contributed by atoms with Crippen LogP contribution in [0.15, 0.2) is 85.1 Å². The molecule has 0 aromatic rings. The minimum atomic E-state index is -5.04. The maximum Gasteiger partial charge on any atom is 0.472 e. The van der Waals surface area contributed by atoms with Crippen molar-refractivity contribution in [3.05, 3.63) is 85.1 Å². The molecule has 0 saturated heterocycles. The third-order valence-corrected chi connectivity index (χ3v) is 13.2. The van der Waals surface area contributed by atoms with Gasteiger partial charge in [0.15, 0.2) is 0 Å². The minimum Gasteiger partial charge on any atom is -0.457 e. The molecule has 0 spiro atoms. The maximum absolute atomic E-state index is 12.9. The topological polar surface area (TPSA) is 192 Å². The van der Waals surface area contributed by atoms with E-state index >= 15 is 0 Å². The quantitative estimate of drug-likeness (QED) is 0.0147. The second-order valence-electron chi connectivity index (χ2n) is 18.7. The highest BCUT2D eigenvalue weighted by Gasteiger charge is 2.51. The molecule has 13 heteroatoms. The average molecular weight is 1010 g/mol. The van der Waals surface area contributed by atoms with E-state index < -0.39 is 63.1 Å². The fourth-order valence-electron chi connectivity index (χ4n) is 7.94. The second-order valence-corrected chi connectivity index (χ2v) is 20.1. The third kappa shape index (κ3) is 37.3. The van der Waals surface area contributed by atoms with Crippen LogP contribution in [-0.2, 0) is 27.9 Å². The SMILES string of the molecule is CC/C=C\C/C=C\C/C=C\C/C=C\CCCCCCCCCCCCCOCC(COP(=O)(O)OC1C(O)C(O)C(O)C(O)C1O)OC(=O)CCCCCCCC/C=C\C/C=C\C/C=C\CCCCC. The van der Waals surface area contributed by atoms with Crippen LogP contribution in [0, 0.1) is 0 Å². The number of ether oxygens (including phenoxy) is 2. The van der Waals surface area contributed by atoms with Gasteiger partial charge >= 0.3 is 13.8 Å². The zero-order valence-corrected chi connectivity index (χ0v) is 44.4. The van der Waals surface area contributed by atoms with Crippen LogP contribution in [0.5, 0.6) is 0 Å². The van der Waals surface area contributed by atoms with E-state index in [1.807, 2.05) is 0 Å². The summed E-state index contributed by atoms with van der Waals surface area (Å²) in [5.41, 5.74) is 0. The molecule has 1 fully saturated rings. The lowest BCUT2D eigenvalue weighted by Gasteiger charge is -2.41. The van der Waals surface area contributed by atoms with Gasteiger partial charge in [0, 0.05) is 13.0 Å². The lowest BCUT2D eigenvalue weighted by atomic mass is 9.85. The molecule has 0 aromatic carbocycles. The van der Waals surface area contributed by atoms with Gasteiger partial charge in [0.2, 0.25) is 0 Å². The number of carbonyl (C=O) groups is 1. The Hall–Kier alpha value is -2.48. The maximum atomic E-state index is 12.9. The standard InChI is InChI=1S/C57H99O12P/c1-3-5-7-9-11-13-15-17-19-21-23-24-25-26-27-29-31-33-35-37-39-41-43-45-47-66-48-50(49-67-70(64,65)69-57-55(62)53(60)52(59)54(61)56(57)63)68-51(58)46-44-42-40-38-36-34-32-30-28-22-20-18-16-14-12-10-8-6-4-2/h5,7,11-14,17-20,23-24,28,30,50,52-57,59-63H,3-4,6,8-10,15-16,21-22,25-27,29,31-49H2,1-2H3,(H,64,65)/b7-5-,13-11-,14-12-,19-17-,20-18-,24-23-,30-28-. The van der Waals surface area contributed by atoms with Crippen LogP contribution in [0.1, 0.15) is 206 Å². The van der Waals surface area contributed by atoms with Crippen molar-refractivity contribution in [1.29, 1.82) is 0 Å². The number of rotatable bonds is 46. The number of aliphatic hydroxyl groups excluding tert-OH is 5. The Labute approximate surface area is 424 Å². The van der Waals surface area contributed by atoms with Crippen LogP contribution in [0.4, 0.5) is 0 Å². The van der Waals surface area contributed by atoms with E-state index in [1.54, 1.807) is 0 Å². The number of esters is 1. The number of hydrogen-bond donors (Lipinski definition) is 6. The third-order valence-electron chi connectivity index (χ3n) is 12.3. The van der Waals surface area contributed by atoms with Crippen LogP contribution < -0.4 is 0 Å². The number of phosphoric ester groups is 1. The summed E-state index contributed by atoms with van der Waals surface area (Å²) in [5, 5.41) is 50.4. The molecule has 0 heterocycles. The summed E-state index contributed by atoms with van der Waals surface area (Å²) in [5.74, 6) is -0.492. The summed E-state index contributed by atoms with van der Waals surface area (Å²) in [6.45, 7) is 4.11. The van der Waals surface area contributed by atoms with Crippen molar-refractivity contribution in [2.24, 2.45) is 0 Å². The predicted molar refractivity (Wildman–Crippen MR) is 285 cm³/mol. The first-order chi connectivity index (χ1) is 34.0. The van der Waals surface area contributed by atoms with E-state index in [2.05, 4.69) is 98.9 Å². The number of allylic oxidation sites excluding steroid dienone is 14. The van der Waals surface area contributed by atoms with E-state index in [0.29, 0.717) is 13.0 Å². The van der Waals surface area contributed by atoms with Crippen molar-refractivity contribution in [1.82, 2.24) is 0 Å². The van der Waals surface area contributed by atoms with E-state index in [0.717, 1.165) is 109 Å². The fraction of sp³-hybridized carbons (Fsp3) is 0.737. The van der Waals surface area contributed by atoms with Crippen molar-refractivity contribution in [2.45, 2.75) is 249 Å². The Morgan fingerprint density at radius 3 is 1.29 bits per heavy atom. The van der Waals surface area contributed by atoms with Gasteiger partial charge in [-0.25, -0.2) is 4.57 Å². The highest BCUT2D eigenvalue weighted by atomic mass is 31.2. The molecule has 6 N–H and O–H groups in total. The summed E-state index contributed by atoms with van der Waals surface area (Å²) < 4.78 is 34.4. The average Bonchev–Trinajstić information content (AvgIpc) is 3.35. The van der Waals surface area contributed by atoms with Gasteiger partial charge in [-0.2, -0.15) is 0 Å². The zero-order chi connectivity index (χ0) is 51.2. The summed E-state index contributed by atoms with van der Waals surface area (Å²) in [6.07, 6.45) is 50.7. The van der Waals surface area contributed by atoms with E-state index in [4.69, 9.17) is 18.5 Å². The van der Waals surface area contributed by atoms with Crippen LogP contribution in [0.2, 0.25) is 0 Å². The number of aliphatic hydroxyl groups is 5. The van der Waals surface area contributed by atoms with Crippen LogP contribution in [0.25, 0.3) is 0 Å². The smallest absolute Gasteiger partial charge is 0.457 e. The molecular formula is C57H99O12P. The fourth-order valence-corrected chi connectivity index (χ4v) is 8.91. The van der Waals surface area contributed by atoms with Crippen molar-refractivity contribution >= 4 is 13.8 Å². The molecule has 0 aromatic heterocycles. The molecule has 0 radical (unpaired) electrons. The Morgan fingerprint density at radius 2 is 0.843 bits per heavy atom. The minimum absolute atomic E-state index is 0.0885. The number of unbranched alkanes of at least 4 members (excludes halogenated alkanes) is 20. The molecule has 6 atom stereocenters. The van der Waals surface area contributed by atoms with Crippen molar-refractivity contribution in [3.8, 4) is 0 Å². The summed E-state index contributed by atoms with van der Waals surface area (Å²) in [4.78, 5) is 23.3. The highest BCUT2D eigenvalue weighted by molar-refractivity contribution is 7.47.